The minimum Gasteiger partial charge on any atom is -0.306 e. The van der Waals surface area contributed by atoms with Gasteiger partial charge in [-0.05, 0) is 59.9 Å². The Kier molecular flexibility index (Phi) is 3.77. The maximum Gasteiger partial charge on any atom is 0.323 e. The number of nitrogens with one attached hydrogen (secondary N) is 2. The molecule has 0 aliphatic heterocycles. The lowest BCUT2D eigenvalue weighted by molar-refractivity contribution is 0.625. The van der Waals surface area contributed by atoms with Gasteiger partial charge in [0.25, 0.3) is 0 Å². The average Bonchev–Trinajstić information content (AvgIpc) is 3.15. The second-order valence-electron chi connectivity index (χ2n) is 6.49. The van der Waals surface area contributed by atoms with E-state index in [4.69, 9.17) is 11.6 Å². The van der Waals surface area contributed by atoms with Crippen LogP contribution in [0.2, 0.25) is 4.47 Å². The minimum atomic E-state index is -0.240. The molecule has 7 heteroatoms. The van der Waals surface area contributed by atoms with Crippen LogP contribution in [-0.2, 0) is 12.8 Å². The second-order valence-corrected chi connectivity index (χ2v) is 8.07. The lowest BCUT2D eigenvalue weighted by Gasteiger charge is -2.10. The van der Waals surface area contributed by atoms with Crippen molar-refractivity contribution in [1.29, 1.82) is 0 Å². The van der Waals surface area contributed by atoms with Crippen LogP contribution in [0.15, 0.2) is 41.2 Å². The van der Waals surface area contributed by atoms with E-state index in [-0.39, 0.29) is 11.5 Å². The number of benzene rings is 2. The number of aromatic amines is 2. The molecule has 0 saturated carbocycles. The average molecular weight is 398 g/mol. The third kappa shape index (κ3) is 2.91. The van der Waals surface area contributed by atoms with E-state index in [1.807, 2.05) is 30.3 Å². The Balaban J connectivity index is 1.75. The summed E-state index contributed by atoms with van der Waals surface area (Å²) in [5.41, 5.74) is 6.04. The summed E-state index contributed by atoms with van der Waals surface area (Å²) in [6.07, 6.45) is 3.47. The highest BCUT2D eigenvalue weighted by Gasteiger charge is 2.22. The molecule has 0 spiro atoms. The maximum atomic E-state index is 13.8. The predicted octanol–water partition coefficient (Wildman–Crippen LogP) is 4.79. The van der Waals surface area contributed by atoms with Gasteiger partial charge in [0.15, 0.2) is 4.47 Å². The summed E-state index contributed by atoms with van der Waals surface area (Å²) in [5.74, 6) is -0.240. The summed E-state index contributed by atoms with van der Waals surface area (Å²) in [7, 11) is 0. The lowest BCUT2D eigenvalue weighted by atomic mass is 9.97. The van der Waals surface area contributed by atoms with Gasteiger partial charge in [-0.25, -0.2) is 14.2 Å². The molecule has 0 amide bonds. The van der Waals surface area contributed by atoms with E-state index >= 15 is 0 Å². The molecular weight excluding hydrogens is 385 g/mol. The second kappa shape index (κ2) is 6.18. The standard InChI is InChI=1S/C20H13ClFN3OS/c21-19-23-16-6-2-11-9-12(22)3-4-13(11)14(18(16)27-19)7-10-1-5-15-17(8-10)25-20(26)24-15/h1,3-5,7-9H,2,6H2,(H2,24,25,26). The van der Waals surface area contributed by atoms with Crippen molar-refractivity contribution in [2.45, 2.75) is 12.8 Å². The van der Waals surface area contributed by atoms with Gasteiger partial charge in [0.05, 0.1) is 21.6 Å². The van der Waals surface area contributed by atoms with E-state index < -0.39 is 0 Å². The zero-order valence-electron chi connectivity index (χ0n) is 14.0. The van der Waals surface area contributed by atoms with Gasteiger partial charge in [-0.15, -0.1) is 11.3 Å². The number of imidazole rings is 1. The van der Waals surface area contributed by atoms with Crippen molar-refractivity contribution in [3.05, 3.63) is 84.4 Å². The van der Waals surface area contributed by atoms with Crippen LogP contribution < -0.4 is 5.69 Å². The molecule has 0 fully saturated rings. The molecule has 0 unspecified atom stereocenters. The first-order valence-electron chi connectivity index (χ1n) is 8.45. The maximum absolute atomic E-state index is 13.8. The fourth-order valence-electron chi connectivity index (χ4n) is 3.56. The number of hydrogen-bond donors (Lipinski definition) is 2. The van der Waals surface area contributed by atoms with Crippen molar-refractivity contribution >= 4 is 45.6 Å². The Hall–Kier alpha value is -2.70. The molecular formula is C20H13ClFN3OS. The van der Waals surface area contributed by atoms with Crippen LogP contribution in [0.4, 0.5) is 4.39 Å². The Morgan fingerprint density at radius 3 is 2.85 bits per heavy atom. The van der Waals surface area contributed by atoms with E-state index in [0.29, 0.717) is 10.9 Å². The molecule has 1 aliphatic carbocycles. The van der Waals surface area contributed by atoms with E-state index in [1.54, 1.807) is 6.07 Å². The first-order chi connectivity index (χ1) is 13.1. The number of thiazole rings is 1. The van der Waals surface area contributed by atoms with Gasteiger partial charge in [0.1, 0.15) is 5.82 Å². The molecule has 0 bridgehead atoms. The quantitative estimate of drug-likeness (QED) is 0.485. The smallest absolute Gasteiger partial charge is 0.306 e. The number of hydrogen-bond acceptors (Lipinski definition) is 3. The highest BCUT2D eigenvalue weighted by molar-refractivity contribution is 7.17. The van der Waals surface area contributed by atoms with Crippen molar-refractivity contribution in [3.63, 3.8) is 0 Å². The molecule has 5 rings (SSSR count). The van der Waals surface area contributed by atoms with Gasteiger partial charge in [0.2, 0.25) is 0 Å². The Labute approximate surface area is 162 Å². The topological polar surface area (TPSA) is 61.5 Å². The third-order valence-electron chi connectivity index (χ3n) is 4.76. The van der Waals surface area contributed by atoms with Crippen molar-refractivity contribution in [3.8, 4) is 0 Å². The summed E-state index contributed by atoms with van der Waals surface area (Å²) in [6, 6.07) is 10.6. The molecule has 4 nitrogen and oxygen atoms in total. The molecule has 0 radical (unpaired) electrons. The molecule has 2 heterocycles. The monoisotopic (exact) mass is 397 g/mol. The van der Waals surface area contributed by atoms with Gasteiger partial charge in [0, 0.05) is 5.57 Å². The fraction of sp³-hybridized carbons (Fsp3) is 0.100. The van der Waals surface area contributed by atoms with Crippen LogP contribution in [0.3, 0.4) is 0 Å². The molecule has 2 aromatic heterocycles. The number of fused-ring (bicyclic) bond motifs is 3. The molecule has 27 heavy (non-hydrogen) atoms. The van der Waals surface area contributed by atoms with Gasteiger partial charge in [-0.1, -0.05) is 23.7 Å². The van der Waals surface area contributed by atoms with E-state index in [9.17, 15) is 9.18 Å². The molecule has 2 N–H and O–H groups in total. The van der Waals surface area contributed by atoms with Crippen LogP contribution in [-0.4, -0.2) is 15.0 Å². The van der Waals surface area contributed by atoms with Gasteiger partial charge >= 0.3 is 5.69 Å². The summed E-state index contributed by atoms with van der Waals surface area (Å²) in [5, 5.41) is 0. The fourth-order valence-corrected chi connectivity index (χ4v) is 4.76. The molecule has 0 atom stereocenters. The predicted molar refractivity (Wildman–Crippen MR) is 107 cm³/mol. The summed E-state index contributed by atoms with van der Waals surface area (Å²) in [6.45, 7) is 0. The largest absolute Gasteiger partial charge is 0.323 e. The normalized spacial score (nSPS) is 15.0. The van der Waals surface area contributed by atoms with E-state index in [1.165, 1.54) is 17.4 Å². The highest BCUT2D eigenvalue weighted by atomic mass is 35.5. The SMILES string of the molecule is O=c1[nH]c2ccc(C=C3c4ccc(F)cc4CCc4nc(Cl)sc43)cc2[nH]1. The Morgan fingerprint density at radius 2 is 1.96 bits per heavy atom. The van der Waals surface area contributed by atoms with Gasteiger partial charge in [-0.3, -0.25) is 0 Å². The molecule has 1 aliphatic rings. The van der Waals surface area contributed by atoms with Crippen molar-refractivity contribution in [2.24, 2.45) is 0 Å². The summed E-state index contributed by atoms with van der Waals surface area (Å²) >= 11 is 7.62. The lowest BCUT2D eigenvalue weighted by Crippen LogP contribution is -1.99. The number of aryl methyl sites for hydroxylation is 2. The van der Waals surface area contributed by atoms with E-state index in [2.05, 4.69) is 15.0 Å². The highest BCUT2D eigenvalue weighted by Crippen LogP contribution is 2.39. The number of nitrogens with zero attached hydrogens (tertiary/aromatic N) is 1. The first kappa shape index (κ1) is 16.5. The van der Waals surface area contributed by atoms with Crippen LogP contribution in [0.1, 0.15) is 27.3 Å². The Morgan fingerprint density at radius 1 is 1.11 bits per heavy atom. The van der Waals surface area contributed by atoms with Crippen molar-refractivity contribution < 1.29 is 4.39 Å². The van der Waals surface area contributed by atoms with Crippen molar-refractivity contribution in [1.82, 2.24) is 15.0 Å². The van der Waals surface area contributed by atoms with Crippen LogP contribution in [0, 0.1) is 5.82 Å². The molecule has 4 aromatic rings. The zero-order valence-corrected chi connectivity index (χ0v) is 15.5. The summed E-state index contributed by atoms with van der Waals surface area (Å²) < 4.78 is 14.3. The van der Waals surface area contributed by atoms with E-state index in [0.717, 1.165) is 50.3 Å². The van der Waals surface area contributed by atoms with Gasteiger partial charge < -0.3 is 9.97 Å². The van der Waals surface area contributed by atoms with Crippen LogP contribution in [0.5, 0.6) is 0 Å². The van der Waals surface area contributed by atoms with Crippen molar-refractivity contribution in [2.75, 3.05) is 0 Å². The van der Waals surface area contributed by atoms with Crippen LogP contribution >= 0.6 is 22.9 Å². The first-order valence-corrected chi connectivity index (χ1v) is 9.64. The molecule has 134 valence electrons. The number of H-pyrrole nitrogens is 2. The minimum absolute atomic E-state index is 0.235. The number of halogens is 2. The number of rotatable bonds is 1. The molecule has 0 saturated heterocycles. The van der Waals surface area contributed by atoms with Gasteiger partial charge in [-0.2, -0.15) is 0 Å². The number of aromatic nitrogens is 3. The Bertz CT molecular complexity index is 1280. The molecule has 2 aromatic carbocycles. The summed E-state index contributed by atoms with van der Waals surface area (Å²) in [4.78, 5) is 22.5. The third-order valence-corrected chi connectivity index (χ3v) is 5.99. The van der Waals surface area contributed by atoms with Crippen LogP contribution in [0.25, 0.3) is 22.7 Å². The zero-order chi connectivity index (χ0) is 18.5.